The summed E-state index contributed by atoms with van der Waals surface area (Å²) in [5, 5.41) is 9.49. The van der Waals surface area contributed by atoms with Gasteiger partial charge in [0.1, 0.15) is 0 Å². The van der Waals surface area contributed by atoms with E-state index < -0.39 is 11.8 Å². The molecule has 116 valence electrons. The lowest BCUT2D eigenvalue weighted by molar-refractivity contribution is -0.136. The van der Waals surface area contributed by atoms with Crippen molar-refractivity contribution in [1.29, 1.82) is 0 Å². The highest BCUT2D eigenvalue weighted by molar-refractivity contribution is 6.45. The van der Waals surface area contributed by atoms with E-state index in [4.69, 9.17) is 23.2 Å². The zero-order valence-electron chi connectivity index (χ0n) is 11.6. The summed E-state index contributed by atoms with van der Waals surface area (Å²) < 4.78 is 1.75. The minimum Gasteiger partial charge on any atom is -0.348 e. The fourth-order valence-corrected chi connectivity index (χ4v) is 2.08. The number of hydrogen-bond donors (Lipinski definition) is 2. The molecular weight excluding hydrogens is 327 g/mol. The number of aromatic nitrogens is 2. The van der Waals surface area contributed by atoms with E-state index in [1.54, 1.807) is 29.1 Å². The minimum absolute atomic E-state index is 0.198. The second-order valence-corrected chi connectivity index (χ2v) is 5.22. The van der Waals surface area contributed by atoms with E-state index in [1.807, 2.05) is 12.3 Å². The molecule has 2 aromatic rings. The minimum atomic E-state index is -0.789. The Hall–Kier alpha value is -2.05. The molecule has 1 aromatic carbocycles. The van der Waals surface area contributed by atoms with Crippen LogP contribution >= 0.6 is 23.2 Å². The number of nitrogens with one attached hydrogen (secondary N) is 2. The predicted octanol–water partition coefficient (Wildman–Crippen LogP) is 2.33. The number of halogens is 2. The Labute approximate surface area is 137 Å². The maximum atomic E-state index is 11.8. The Bertz CT molecular complexity index is 659. The monoisotopic (exact) mass is 340 g/mol. The van der Waals surface area contributed by atoms with Crippen molar-refractivity contribution in [3.63, 3.8) is 0 Å². The smallest absolute Gasteiger partial charge is 0.313 e. The fourth-order valence-electron chi connectivity index (χ4n) is 1.74. The molecule has 0 saturated carbocycles. The number of amides is 2. The van der Waals surface area contributed by atoms with Crippen molar-refractivity contribution in [2.24, 2.45) is 0 Å². The van der Waals surface area contributed by atoms with Crippen molar-refractivity contribution in [3.8, 4) is 0 Å². The van der Waals surface area contributed by atoms with Gasteiger partial charge in [-0.1, -0.05) is 29.3 Å². The molecule has 8 heteroatoms. The summed E-state index contributed by atoms with van der Waals surface area (Å²) in [6, 6.07) is 6.61. The number of hydrogen-bond acceptors (Lipinski definition) is 3. The average molecular weight is 341 g/mol. The molecule has 0 aliphatic heterocycles. The molecule has 6 nitrogen and oxygen atoms in total. The fraction of sp³-hybridized carbons (Fsp3) is 0.214. The number of carbonyl (C=O) groups excluding carboxylic acids is 2. The van der Waals surface area contributed by atoms with Gasteiger partial charge in [0.2, 0.25) is 0 Å². The molecule has 1 aromatic heterocycles. The van der Waals surface area contributed by atoms with Gasteiger partial charge in [-0.25, -0.2) is 0 Å². The van der Waals surface area contributed by atoms with Crippen molar-refractivity contribution in [2.45, 2.75) is 13.0 Å². The first-order valence-electron chi connectivity index (χ1n) is 6.58. The van der Waals surface area contributed by atoms with Crippen molar-refractivity contribution in [1.82, 2.24) is 15.1 Å². The zero-order valence-corrected chi connectivity index (χ0v) is 13.1. The number of carbonyl (C=O) groups is 2. The highest BCUT2D eigenvalue weighted by Crippen LogP contribution is 2.29. The number of benzene rings is 1. The van der Waals surface area contributed by atoms with Gasteiger partial charge in [-0.15, -0.1) is 0 Å². The van der Waals surface area contributed by atoms with E-state index in [2.05, 4.69) is 15.7 Å². The second-order valence-electron chi connectivity index (χ2n) is 4.43. The molecule has 0 radical (unpaired) electrons. The first-order chi connectivity index (χ1) is 10.6. The first kappa shape index (κ1) is 16.3. The molecule has 0 aliphatic carbocycles. The summed E-state index contributed by atoms with van der Waals surface area (Å²) in [4.78, 5) is 23.4. The van der Waals surface area contributed by atoms with Crippen LogP contribution in [0.4, 0.5) is 5.69 Å². The molecule has 1 heterocycles. The summed E-state index contributed by atoms with van der Waals surface area (Å²) in [5.74, 6) is -1.51. The number of aryl methyl sites for hydroxylation is 1. The van der Waals surface area contributed by atoms with Crippen molar-refractivity contribution in [2.75, 3.05) is 11.9 Å². The predicted molar refractivity (Wildman–Crippen MR) is 84.9 cm³/mol. The van der Waals surface area contributed by atoms with E-state index in [9.17, 15) is 9.59 Å². The SMILES string of the molecule is O=C(NCCCn1cccn1)C(=O)Nc1cccc(Cl)c1Cl. The van der Waals surface area contributed by atoms with E-state index in [0.29, 0.717) is 30.2 Å². The highest BCUT2D eigenvalue weighted by Gasteiger charge is 2.15. The normalized spacial score (nSPS) is 10.3. The Balaban J connectivity index is 1.77. The van der Waals surface area contributed by atoms with Gasteiger partial charge in [0.15, 0.2) is 0 Å². The lowest BCUT2D eigenvalue weighted by atomic mass is 10.3. The van der Waals surface area contributed by atoms with Gasteiger partial charge in [-0.05, 0) is 24.6 Å². The van der Waals surface area contributed by atoms with Crippen molar-refractivity contribution >= 4 is 40.7 Å². The van der Waals surface area contributed by atoms with Crippen LogP contribution in [0.2, 0.25) is 10.0 Å². The molecule has 2 amide bonds. The molecule has 0 saturated heterocycles. The third-order valence-electron chi connectivity index (χ3n) is 2.81. The van der Waals surface area contributed by atoms with Crippen LogP contribution in [0.15, 0.2) is 36.7 Å². The summed E-state index contributed by atoms with van der Waals surface area (Å²) in [6.07, 6.45) is 4.18. The van der Waals surface area contributed by atoms with Gasteiger partial charge in [0.25, 0.3) is 0 Å². The van der Waals surface area contributed by atoms with Crippen molar-refractivity contribution < 1.29 is 9.59 Å². The summed E-state index contributed by atoms with van der Waals surface area (Å²) in [5.41, 5.74) is 0.297. The van der Waals surface area contributed by atoms with Gasteiger partial charge >= 0.3 is 11.8 Å². The molecule has 0 aliphatic rings. The van der Waals surface area contributed by atoms with Crippen molar-refractivity contribution in [3.05, 3.63) is 46.7 Å². The molecule has 0 bridgehead atoms. The molecule has 0 unspecified atom stereocenters. The third-order valence-corrected chi connectivity index (χ3v) is 3.63. The van der Waals surface area contributed by atoms with E-state index >= 15 is 0 Å². The molecule has 0 spiro atoms. The Kier molecular flexibility index (Phi) is 5.80. The van der Waals surface area contributed by atoms with E-state index in [-0.39, 0.29) is 5.02 Å². The van der Waals surface area contributed by atoms with Gasteiger partial charge < -0.3 is 10.6 Å². The largest absolute Gasteiger partial charge is 0.348 e. The third kappa shape index (κ3) is 4.47. The maximum absolute atomic E-state index is 11.8. The standard InChI is InChI=1S/C14H14Cl2N4O2/c15-10-4-1-5-11(12(10)16)19-14(22)13(21)17-6-2-8-20-9-3-7-18-20/h1,3-5,7,9H,2,6,8H2,(H,17,21)(H,19,22). The molecule has 2 rings (SSSR count). The molecule has 0 fully saturated rings. The number of nitrogens with zero attached hydrogens (tertiary/aromatic N) is 2. The molecular formula is C14H14Cl2N4O2. The van der Waals surface area contributed by atoms with Crippen LogP contribution < -0.4 is 10.6 Å². The molecule has 2 N–H and O–H groups in total. The summed E-state index contributed by atoms with van der Waals surface area (Å²) >= 11 is 11.8. The highest BCUT2D eigenvalue weighted by atomic mass is 35.5. The van der Waals surface area contributed by atoms with Crippen LogP contribution in [0, 0.1) is 0 Å². The first-order valence-corrected chi connectivity index (χ1v) is 7.34. The Morgan fingerprint density at radius 1 is 1.18 bits per heavy atom. The lowest BCUT2D eigenvalue weighted by Crippen LogP contribution is -2.36. The van der Waals surface area contributed by atoms with Crippen LogP contribution in [-0.2, 0) is 16.1 Å². The molecule has 0 atom stereocenters. The maximum Gasteiger partial charge on any atom is 0.313 e. The lowest BCUT2D eigenvalue weighted by Gasteiger charge is -2.08. The van der Waals surface area contributed by atoms with Gasteiger partial charge in [-0.3, -0.25) is 14.3 Å². The number of rotatable bonds is 5. The summed E-state index contributed by atoms with van der Waals surface area (Å²) in [7, 11) is 0. The van der Waals surface area contributed by atoms with E-state index in [1.165, 1.54) is 0 Å². The van der Waals surface area contributed by atoms with Crippen LogP contribution in [0.1, 0.15) is 6.42 Å². The van der Waals surface area contributed by atoms with Crippen LogP contribution in [-0.4, -0.2) is 28.1 Å². The Morgan fingerprint density at radius 2 is 2.00 bits per heavy atom. The molecule has 22 heavy (non-hydrogen) atoms. The van der Waals surface area contributed by atoms with Gasteiger partial charge in [0, 0.05) is 25.5 Å². The quantitative estimate of drug-likeness (QED) is 0.647. The van der Waals surface area contributed by atoms with Crippen LogP contribution in [0.5, 0.6) is 0 Å². The average Bonchev–Trinajstić information content (AvgIpc) is 3.01. The second kappa shape index (κ2) is 7.82. The van der Waals surface area contributed by atoms with E-state index in [0.717, 1.165) is 0 Å². The van der Waals surface area contributed by atoms with Gasteiger partial charge in [0.05, 0.1) is 15.7 Å². The Morgan fingerprint density at radius 3 is 2.73 bits per heavy atom. The zero-order chi connectivity index (χ0) is 15.9. The number of anilines is 1. The van der Waals surface area contributed by atoms with Crippen LogP contribution in [0.25, 0.3) is 0 Å². The van der Waals surface area contributed by atoms with Gasteiger partial charge in [-0.2, -0.15) is 5.10 Å². The van der Waals surface area contributed by atoms with Crippen LogP contribution in [0.3, 0.4) is 0 Å². The topological polar surface area (TPSA) is 76.0 Å². The summed E-state index contributed by atoms with van der Waals surface area (Å²) in [6.45, 7) is 1.03.